The minimum Gasteiger partial charge on any atom is -0.492 e. The second-order valence-electron chi connectivity index (χ2n) is 5.01. The maximum absolute atomic E-state index is 12.1. The van der Waals surface area contributed by atoms with Crippen molar-refractivity contribution in [2.24, 2.45) is 0 Å². The normalized spacial score (nSPS) is 10.1. The lowest BCUT2D eigenvalue weighted by atomic mass is 10.2. The molecule has 0 fully saturated rings. The second-order valence-corrected chi connectivity index (χ2v) is 5.92. The smallest absolute Gasteiger partial charge is 0.251 e. The molecule has 22 heavy (non-hydrogen) atoms. The van der Waals surface area contributed by atoms with Crippen molar-refractivity contribution in [2.75, 3.05) is 32.1 Å². The van der Waals surface area contributed by atoms with E-state index in [0.29, 0.717) is 18.7 Å². The fourth-order valence-corrected chi connectivity index (χ4v) is 2.30. The van der Waals surface area contributed by atoms with Gasteiger partial charge in [-0.1, -0.05) is 28.1 Å². The Kier molecular flexibility index (Phi) is 5.83. The minimum absolute atomic E-state index is 0.0958. The highest BCUT2D eigenvalue weighted by Crippen LogP contribution is 2.17. The molecule has 1 amide bonds. The van der Waals surface area contributed by atoms with Gasteiger partial charge in [0.2, 0.25) is 0 Å². The number of hydrogen-bond acceptors (Lipinski definition) is 3. The summed E-state index contributed by atoms with van der Waals surface area (Å²) in [5.41, 5.74) is 1.65. The number of anilines is 1. The topological polar surface area (TPSA) is 41.6 Å². The molecular formula is C17H19BrN2O2. The molecule has 0 saturated carbocycles. The van der Waals surface area contributed by atoms with Gasteiger partial charge in [-0.2, -0.15) is 0 Å². The Morgan fingerprint density at radius 1 is 1.18 bits per heavy atom. The highest BCUT2D eigenvalue weighted by atomic mass is 79.9. The van der Waals surface area contributed by atoms with Gasteiger partial charge in [0.1, 0.15) is 12.4 Å². The highest BCUT2D eigenvalue weighted by Gasteiger charge is 2.06. The molecule has 0 heterocycles. The lowest BCUT2D eigenvalue weighted by Gasteiger charge is -2.13. The Morgan fingerprint density at radius 2 is 1.95 bits per heavy atom. The quantitative estimate of drug-likeness (QED) is 0.801. The van der Waals surface area contributed by atoms with Crippen LogP contribution in [0.15, 0.2) is 53.0 Å². The molecule has 2 rings (SSSR count). The number of carbonyl (C=O) groups is 1. The maximum Gasteiger partial charge on any atom is 0.251 e. The van der Waals surface area contributed by atoms with E-state index >= 15 is 0 Å². The molecule has 0 saturated heterocycles. The Bertz CT molecular complexity index is 644. The Hall–Kier alpha value is -2.01. The minimum atomic E-state index is -0.0958. The standard InChI is InChI=1S/C17H19BrN2O2/c1-20(2)15-7-3-5-13(11-15)17(21)19-9-10-22-16-8-4-6-14(18)12-16/h3-8,11-12H,9-10H2,1-2H3,(H,19,21). The van der Waals surface area contributed by atoms with E-state index in [1.807, 2.05) is 61.5 Å². The molecule has 0 atom stereocenters. The van der Waals surface area contributed by atoms with E-state index in [4.69, 9.17) is 4.74 Å². The first kappa shape index (κ1) is 16.4. The van der Waals surface area contributed by atoms with Crippen LogP contribution in [-0.2, 0) is 0 Å². The zero-order valence-electron chi connectivity index (χ0n) is 12.7. The first-order chi connectivity index (χ1) is 10.6. The van der Waals surface area contributed by atoms with E-state index < -0.39 is 0 Å². The van der Waals surface area contributed by atoms with E-state index in [9.17, 15) is 4.79 Å². The number of nitrogens with zero attached hydrogens (tertiary/aromatic N) is 1. The molecule has 2 aromatic rings. The van der Waals surface area contributed by atoms with Crippen LogP contribution in [0.4, 0.5) is 5.69 Å². The largest absolute Gasteiger partial charge is 0.492 e. The summed E-state index contributed by atoms with van der Waals surface area (Å²) in [6.45, 7) is 0.882. The lowest BCUT2D eigenvalue weighted by molar-refractivity contribution is 0.0947. The number of nitrogens with one attached hydrogen (secondary N) is 1. The molecule has 0 bridgehead atoms. The summed E-state index contributed by atoms with van der Waals surface area (Å²) in [7, 11) is 3.89. The summed E-state index contributed by atoms with van der Waals surface area (Å²) in [4.78, 5) is 14.1. The van der Waals surface area contributed by atoms with Crippen LogP contribution in [-0.4, -0.2) is 33.2 Å². The van der Waals surface area contributed by atoms with E-state index in [0.717, 1.165) is 15.9 Å². The third-order valence-electron chi connectivity index (χ3n) is 3.08. The van der Waals surface area contributed by atoms with Crippen LogP contribution in [0.1, 0.15) is 10.4 Å². The van der Waals surface area contributed by atoms with E-state index in [-0.39, 0.29) is 5.91 Å². The van der Waals surface area contributed by atoms with Crippen LogP contribution in [0.5, 0.6) is 5.75 Å². The van der Waals surface area contributed by atoms with Gasteiger partial charge in [0.05, 0.1) is 6.54 Å². The summed E-state index contributed by atoms with van der Waals surface area (Å²) in [6.07, 6.45) is 0. The van der Waals surface area contributed by atoms with Gasteiger partial charge < -0.3 is 15.0 Å². The van der Waals surface area contributed by atoms with Crippen molar-refractivity contribution in [1.82, 2.24) is 5.32 Å². The number of hydrogen-bond donors (Lipinski definition) is 1. The number of amides is 1. The van der Waals surface area contributed by atoms with Crippen molar-refractivity contribution in [3.63, 3.8) is 0 Å². The predicted octanol–water partition coefficient (Wildman–Crippen LogP) is 3.32. The van der Waals surface area contributed by atoms with E-state index in [1.54, 1.807) is 6.07 Å². The molecule has 0 aliphatic heterocycles. The van der Waals surface area contributed by atoms with Crippen molar-refractivity contribution in [3.05, 3.63) is 58.6 Å². The van der Waals surface area contributed by atoms with Gasteiger partial charge in [-0.15, -0.1) is 0 Å². The Morgan fingerprint density at radius 3 is 2.68 bits per heavy atom. The average Bonchev–Trinajstić information content (AvgIpc) is 2.51. The summed E-state index contributed by atoms with van der Waals surface area (Å²) < 4.78 is 6.55. The lowest BCUT2D eigenvalue weighted by Crippen LogP contribution is -2.28. The molecular weight excluding hydrogens is 344 g/mol. The monoisotopic (exact) mass is 362 g/mol. The van der Waals surface area contributed by atoms with Crippen LogP contribution >= 0.6 is 15.9 Å². The first-order valence-corrected chi connectivity index (χ1v) is 7.79. The Balaban J connectivity index is 1.82. The molecule has 0 unspecified atom stereocenters. The number of carbonyl (C=O) groups excluding carboxylic acids is 1. The van der Waals surface area contributed by atoms with Gasteiger partial charge in [-0.25, -0.2) is 0 Å². The van der Waals surface area contributed by atoms with E-state index in [2.05, 4.69) is 21.2 Å². The van der Waals surface area contributed by atoms with Crippen molar-refractivity contribution < 1.29 is 9.53 Å². The summed E-state index contributed by atoms with van der Waals surface area (Å²) in [6, 6.07) is 15.1. The fraction of sp³-hybridized carbons (Fsp3) is 0.235. The van der Waals surface area contributed by atoms with Crippen LogP contribution in [0, 0.1) is 0 Å². The maximum atomic E-state index is 12.1. The number of ether oxygens (including phenoxy) is 1. The van der Waals surface area contributed by atoms with Gasteiger partial charge in [-0.05, 0) is 36.4 Å². The molecule has 5 heteroatoms. The molecule has 0 spiro atoms. The van der Waals surface area contributed by atoms with Crippen molar-refractivity contribution in [2.45, 2.75) is 0 Å². The molecule has 2 aromatic carbocycles. The van der Waals surface area contributed by atoms with Gasteiger partial charge in [0.15, 0.2) is 0 Å². The van der Waals surface area contributed by atoms with Crippen LogP contribution in [0.3, 0.4) is 0 Å². The Labute approximate surface area is 139 Å². The van der Waals surface area contributed by atoms with Gasteiger partial charge in [0, 0.05) is 29.8 Å². The summed E-state index contributed by atoms with van der Waals surface area (Å²) in [5.74, 6) is 0.680. The second kappa shape index (κ2) is 7.84. The van der Waals surface area contributed by atoms with Crippen LogP contribution in [0.25, 0.3) is 0 Å². The van der Waals surface area contributed by atoms with Crippen molar-refractivity contribution in [3.8, 4) is 5.75 Å². The molecule has 0 radical (unpaired) electrons. The van der Waals surface area contributed by atoms with Gasteiger partial charge >= 0.3 is 0 Å². The average molecular weight is 363 g/mol. The number of halogens is 1. The molecule has 1 N–H and O–H groups in total. The summed E-state index contributed by atoms with van der Waals surface area (Å²) >= 11 is 3.39. The first-order valence-electron chi connectivity index (χ1n) is 7.00. The number of rotatable bonds is 6. The molecule has 116 valence electrons. The molecule has 0 aliphatic carbocycles. The fourth-order valence-electron chi connectivity index (χ4n) is 1.92. The van der Waals surface area contributed by atoms with Gasteiger partial charge in [-0.3, -0.25) is 4.79 Å². The zero-order valence-corrected chi connectivity index (χ0v) is 14.3. The number of benzene rings is 2. The highest BCUT2D eigenvalue weighted by molar-refractivity contribution is 9.10. The molecule has 0 aromatic heterocycles. The third-order valence-corrected chi connectivity index (χ3v) is 3.57. The molecule has 0 aliphatic rings. The SMILES string of the molecule is CN(C)c1cccc(C(=O)NCCOc2cccc(Br)c2)c1. The van der Waals surface area contributed by atoms with Gasteiger partial charge in [0.25, 0.3) is 5.91 Å². The summed E-state index contributed by atoms with van der Waals surface area (Å²) in [5, 5.41) is 2.86. The van der Waals surface area contributed by atoms with Crippen molar-refractivity contribution >= 4 is 27.5 Å². The molecule has 4 nitrogen and oxygen atoms in total. The third kappa shape index (κ3) is 4.77. The van der Waals surface area contributed by atoms with Crippen LogP contribution < -0.4 is 15.0 Å². The van der Waals surface area contributed by atoms with E-state index in [1.165, 1.54) is 0 Å². The van der Waals surface area contributed by atoms with Crippen LogP contribution in [0.2, 0.25) is 0 Å². The zero-order chi connectivity index (χ0) is 15.9. The van der Waals surface area contributed by atoms with Crippen molar-refractivity contribution in [1.29, 1.82) is 0 Å². The predicted molar refractivity (Wildman–Crippen MR) is 92.7 cm³/mol.